The third-order valence-corrected chi connectivity index (χ3v) is 4.09. The Morgan fingerprint density at radius 1 is 1.27 bits per heavy atom. The van der Waals surface area contributed by atoms with Crippen LogP contribution in [0.1, 0.15) is 48.5 Å². The first-order valence-electron chi connectivity index (χ1n) is 7.96. The molecule has 0 bridgehead atoms. The van der Waals surface area contributed by atoms with Crippen LogP contribution in [-0.4, -0.2) is 41.0 Å². The van der Waals surface area contributed by atoms with Crippen LogP contribution in [0.4, 0.5) is 0 Å². The number of amides is 1. The average molecular weight is 304 g/mol. The third kappa shape index (κ3) is 4.31. The van der Waals surface area contributed by atoms with Crippen LogP contribution in [0.5, 0.6) is 0 Å². The number of piperidine rings is 1. The molecule has 1 aromatic carbocycles. The van der Waals surface area contributed by atoms with Gasteiger partial charge in [0.25, 0.3) is 0 Å². The van der Waals surface area contributed by atoms with E-state index in [4.69, 9.17) is 5.11 Å². The van der Waals surface area contributed by atoms with Gasteiger partial charge in [0.05, 0.1) is 11.6 Å². The molecule has 1 atom stereocenters. The van der Waals surface area contributed by atoms with E-state index in [9.17, 15) is 9.59 Å². The van der Waals surface area contributed by atoms with E-state index in [0.29, 0.717) is 6.54 Å². The maximum absolute atomic E-state index is 12.4. The SMILES string of the molecule is CCCN1CCCC[C@@H]1C(=O)NCc1ccc(C(=O)O)cc1. The van der Waals surface area contributed by atoms with Crippen LogP contribution < -0.4 is 5.32 Å². The van der Waals surface area contributed by atoms with Gasteiger partial charge in [0.2, 0.25) is 5.91 Å². The van der Waals surface area contributed by atoms with Crippen molar-refractivity contribution in [3.05, 3.63) is 35.4 Å². The van der Waals surface area contributed by atoms with Crippen LogP contribution in [0.2, 0.25) is 0 Å². The molecule has 1 aliphatic rings. The van der Waals surface area contributed by atoms with Crippen molar-refractivity contribution in [3.63, 3.8) is 0 Å². The normalized spacial score (nSPS) is 18.9. The zero-order chi connectivity index (χ0) is 15.9. The summed E-state index contributed by atoms with van der Waals surface area (Å²) in [7, 11) is 0. The van der Waals surface area contributed by atoms with Crippen molar-refractivity contribution in [1.29, 1.82) is 0 Å². The smallest absolute Gasteiger partial charge is 0.335 e. The first-order valence-corrected chi connectivity index (χ1v) is 7.96. The van der Waals surface area contributed by atoms with Gasteiger partial charge in [-0.3, -0.25) is 9.69 Å². The van der Waals surface area contributed by atoms with Crippen molar-refractivity contribution < 1.29 is 14.7 Å². The second kappa shape index (κ2) is 7.94. The molecule has 2 rings (SSSR count). The van der Waals surface area contributed by atoms with Gasteiger partial charge in [-0.05, 0) is 50.0 Å². The topological polar surface area (TPSA) is 69.6 Å². The molecule has 5 nitrogen and oxygen atoms in total. The summed E-state index contributed by atoms with van der Waals surface area (Å²) in [6.45, 7) is 4.54. The predicted octanol–water partition coefficient (Wildman–Crippen LogP) is 2.27. The molecular weight excluding hydrogens is 280 g/mol. The largest absolute Gasteiger partial charge is 0.478 e. The van der Waals surface area contributed by atoms with Crippen molar-refractivity contribution in [2.45, 2.75) is 45.2 Å². The summed E-state index contributed by atoms with van der Waals surface area (Å²) >= 11 is 0. The van der Waals surface area contributed by atoms with Crippen molar-refractivity contribution >= 4 is 11.9 Å². The number of carbonyl (C=O) groups is 2. The number of aromatic carboxylic acids is 1. The van der Waals surface area contributed by atoms with E-state index in [1.54, 1.807) is 24.3 Å². The van der Waals surface area contributed by atoms with E-state index in [-0.39, 0.29) is 17.5 Å². The van der Waals surface area contributed by atoms with E-state index in [2.05, 4.69) is 17.1 Å². The highest BCUT2D eigenvalue weighted by atomic mass is 16.4. The molecule has 120 valence electrons. The molecule has 0 radical (unpaired) electrons. The highest BCUT2D eigenvalue weighted by Gasteiger charge is 2.27. The molecule has 0 unspecified atom stereocenters. The van der Waals surface area contributed by atoms with E-state index in [1.807, 2.05) is 0 Å². The Morgan fingerprint density at radius 2 is 2.00 bits per heavy atom. The lowest BCUT2D eigenvalue weighted by Crippen LogP contribution is -2.49. The average Bonchev–Trinajstić information content (AvgIpc) is 2.54. The van der Waals surface area contributed by atoms with Gasteiger partial charge >= 0.3 is 5.97 Å². The lowest BCUT2D eigenvalue weighted by molar-refractivity contribution is -0.127. The van der Waals surface area contributed by atoms with Gasteiger partial charge < -0.3 is 10.4 Å². The van der Waals surface area contributed by atoms with Crippen molar-refractivity contribution in [3.8, 4) is 0 Å². The summed E-state index contributed by atoms with van der Waals surface area (Å²) in [5, 5.41) is 11.8. The lowest BCUT2D eigenvalue weighted by Gasteiger charge is -2.34. The Labute approximate surface area is 131 Å². The Morgan fingerprint density at radius 3 is 2.64 bits per heavy atom. The number of nitrogens with one attached hydrogen (secondary N) is 1. The highest BCUT2D eigenvalue weighted by Crippen LogP contribution is 2.17. The highest BCUT2D eigenvalue weighted by molar-refractivity contribution is 5.87. The molecule has 1 heterocycles. The van der Waals surface area contributed by atoms with Crippen LogP contribution in [-0.2, 0) is 11.3 Å². The van der Waals surface area contributed by atoms with Gasteiger partial charge in [0.1, 0.15) is 0 Å². The first kappa shape index (κ1) is 16.5. The fraction of sp³-hybridized carbons (Fsp3) is 0.529. The summed E-state index contributed by atoms with van der Waals surface area (Å²) in [6.07, 6.45) is 4.25. The standard InChI is InChI=1S/C17H24N2O3/c1-2-10-19-11-4-3-5-15(19)16(20)18-12-13-6-8-14(9-7-13)17(21)22/h6-9,15H,2-5,10-12H2,1H3,(H,18,20)(H,21,22)/t15-/m1/s1. The number of benzene rings is 1. The Balaban J connectivity index is 1.89. The van der Waals surface area contributed by atoms with Crippen molar-refractivity contribution in [2.24, 2.45) is 0 Å². The van der Waals surface area contributed by atoms with Crippen LogP contribution in [0, 0.1) is 0 Å². The monoisotopic (exact) mass is 304 g/mol. The zero-order valence-electron chi connectivity index (χ0n) is 13.0. The number of hydrogen-bond donors (Lipinski definition) is 2. The molecule has 2 N–H and O–H groups in total. The fourth-order valence-corrected chi connectivity index (χ4v) is 2.91. The summed E-state index contributed by atoms with van der Waals surface area (Å²) in [5.41, 5.74) is 1.17. The van der Waals surface area contributed by atoms with Crippen molar-refractivity contribution in [2.75, 3.05) is 13.1 Å². The number of carboxylic acid groups (broad SMARTS) is 1. The quantitative estimate of drug-likeness (QED) is 0.846. The molecule has 22 heavy (non-hydrogen) atoms. The molecule has 0 spiro atoms. The summed E-state index contributed by atoms with van der Waals surface area (Å²) < 4.78 is 0. The van der Waals surface area contributed by atoms with Gasteiger partial charge in [-0.25, -0.2) is 4.79 Å². The van der Waals surface area contributed by atoms with E-state index < -0.39 is 5.97 Å². The maximum Gasteiger partial charge on any atom is 0.335 e. The summed E-state index contributed by atoms with van der Waals surface area (Å²) in [4.78, 5) is 25.5. The van der Waals surface area contributed by atoms with Crippen LogP contribution in [0.25, 0.3) is 0 Å². The molecule has 0 aliphatic carbocycles. The van der Waals surface area contributed by atoms with Gasteiger partial charge in [-0.1, -0.05) is 25.5 Å². The molecule has 1 fully saturated rings. The molecule has 1 aliphatic heterocycles. The number of carbonyl (C=O) groups excluding carboxylic acids is 1. The molecular formula is C17H24N2O3. The Hall–Kier alpha value is -1.88. The second-order valence-electron chi connectivity index (χ2n) is 5.77. The number of likely N-dealkylation sites (tertiary alicyclic amines) is 1. The van der Waals surface area contributed by atoms with Crippen molar-refractivity contribution in [1.82, 2.24) is 10.2 Å². The summed E-state index contributed by atoms with van der Waals surface area (Å²) in [6, 6.07) is 6.59. The minimum Gasteiger partial charge on any atom is -0.478 e. The molecule has 0 saturated carbocycles. The van der Waals surface area contributed by atoms with Crippen LogP contribution in [0.15, 0.2) is 24.3 Å². The number of hydrogen-bond acceptors (Lipinski definition) is 3. The van der Waals surface area contributed by atoms with E-state index in [1.165, 1.54) is 6.42 Å². The second-order valence-corrected chi connectivity index (χ2v) is 5.77. The maximum atomic E-state index is 12.4. The first-order chi connectivity index (χ1) is 10.6. The van der Waals surface area contributed by atoms with Gasteiger partial charge in [-0.15, -0.1) is 0 Å². The summed E-state index contributed by atoms with van der Waals surface area (Å²) in [5.74, 6) is -0.858. The van der Waals surface area contributed by atoms with E-state index >= 15 is 0 Å². The molecule has 1 saturated heterocycles. The minimum atomic E-state index is -0.937. The van der Waals surface area contributed by atoms with Crippen LogP contribution >= 0.6 is 0 Å². The predicted molar refractivity (Wildman–Crippen MR) is 84.8 cm³/mol. The van der Waals surface area contributed by atoms with Crippen LogP contribution in [0.3, 0.4) is 0 Å². The van der Waals surface area contributed by atoms with Gasteiger partial charge in [0, 0.05) is 6.54 Å². The van der Waals surface area contributed by atoms with Gasteiger partial charge in [-0.2, -0.15) is 0 Å². The molecule has 1 amide bonds. The lowest BCUT2D eigenvalue weighted by atomic mass is 10.0. The molecule has 5 heteroatoms. The zero-order valence-corrected chi connectivity index (χ0v) is 13.0. The fourth-order valence-electron chi connectivity index (χ4n) is 2.91. The minimum absolute atomic E-state index is 0.0213. The number of nitrogens with zero attached hydrogens (tertiary/aromatic N) is 1. The Bertz CT molecular complexity index is 511. The molecule has 1 aromatic rings. The Kier molecular flexibility index (Phi) is 5.95. The number of carboxylic acids is 1. The molecule has 0 aromatic heterocycles. The number of rotatable bonds is 6. The van der Waals surface area contributed by atoms with E-state index in [0.717, 1.165) is 37.9 Å². The van der Waals surface area contributed by atoms with Gasteiger partial charge in [0.15, 0.2) is 0 Å². The third-order valence-electron chi connectivity index (χ3n) is 4.09.